The average molecular weight is 233 g/mol. The monoisotopic (exact) mass is 233 g/mol. The van der Waals surface area contributed by atoms with Crippen LogP contribution in [0.25, 0.3) is 0 Å². The standard InChI is InChI=1S/C13H19N3O/c17-13(16-12-4-2-8-15-10-12)6-5-11-3-1-7-14-9-11/h1,3,7,9,12,15H,2,4-6,8,10H2,(H,16,17)/t12-/m1/s1. The van der Waals surface area contributed by atoms with E-state index in [2.05, 4.69) is 15.6 Å². The third-order valence-corrected chi connectivity index (χ3v) is 3.03. The van der Waals surface area contributed by atoms with Crippen LogP contribution in [-0.2, 0) is 11.2 Å². The van der Waals surface area contributed by atoms with Gasteiger partial charge in [0.2, 0.25) is 5.91 Å². The van der Waals surface area contributed by atoms with Crippen LogP contribution in [0.15, 0.2) is 24.5 Å². The molecule has 2 heterocycles. The van der Waals surface area contributed by atoms with E-state index < -0.39 is 0 Å². The van der Waals surface area contributed by atoms with Crippen LogP contribution in [0, 0.1) is 0 Å². The highest BCUT2D eigenvalue weighted by Gasteiger charge is 2.14. The van der Waals surface area contributed by atoms with E-state index >= 15 is 0 Å². The highest BCUT2D eigenvalue weighted by molar-refractivity contribution is 5.76. The van der Waals surface area contributed by atoms with Gasteiger partial charge in [0.05, 0.1) is 0 Å². The van der Waals surface area contributed by atoms with E-state index in [1.807, 2.05) is 18.3 Å². The molecule has 2 rings (SSSR count). The van der Waals surface area contributed by atoms with Crippen molar-refractivity contribution in [1.82, 2.24) is 15.6 Å². The first-order chi connectivity index (χ1) is 8.34. The summed E-state index contributed by atoms with van der Waals surface area (Å²) < 4.78 is 0. The van der Waals surface area contributed by atoms with Crippen molar-refractivity contribution in [1.29, 1.82) is 0 Å². The predicted molar refractivity (Wildman–Crippen MR) is 66.6 cm³/mol. The molecule has 0 radical (unpaired) electrons. The largest absolute Gasteiger partial charge is 0.352 e. The molecular formula is C13H19N3O. The molecule has 4 nitrogen and oxygen atoms in total. The van der Waals surface area contributed by atoms with Crippen LogP contribution < -0.4 is 10.6 Å². The Bertz CT molecular complexity index is 347. The maximum absolute atomic E-state index is 11.7. The number of hydrogen-bond acceptors (Lipinski definition) is 3. The number of aryl methyl sites for hydroxylation is 1. The number of rotatable bonds is 4. The number of aromatic nitrogens is 1. The van der Waals surface area contributed by atoms with E-state index in [9.17, 15) is 4.79 Å². The lowest BCUT2D eigenvalue weighted by atomic mass is 10.1. The van der Waals surface area contributed by atoms with Gasteiger partial charge in [0, 0.05) is 31.4 Å². The Kier molecular flexibility index (Phi) is 4.50. The van der Waals surface area contributed by atoms with E-state index in [4.69, 9.17) is 0 Å². The normalized spacial score (nSPS) is 19.9. The highest BCUT2D eigenvalue weighted by Crippen LogP contribution is 2.03. The maximum Gasteiger partial charge on any atom is 0.220 e. The molecule has 2 N–H and O–H groups in total. The number of nitrogens with zero attached hydrogens (tertiary/aromatic N) is 1. The van der Waals surface area contributed by atoms with Gasteiger partial charge in [-0.3, -0.25) is 9.78 Å². The van der Waals surface area contributed by atoms with E-state index in [0.717, 1.165) is 37.9 Å². The Hall–Kier alpha value is -1.42. The van der Waals surface area contributed by atoms with Crippen molar-refractivity contribution in [3.63, 3.8) is 0 Å². The first-order valence-corrected chi connectivity index (χ1v) is 6.23. The fraction of sp³-hybridized carbons (Fsp3) is 0.538. The van der Waals surface area contributed by atoms with Crippen LogP contribution in [0.4, 0.5) is 0 Å². The summed E-state index contributed by atoms with van der Waals surface area (Å²) in [7, 11) is 0. The number of pyridine rings is 1. The molecule has 1 atom stereocenters. The van der Waals surface area contributed by atoms with Crippen molar-refractivity contribution >= 4 is 5.91 Å². The third kappa shape index (κ3) is 4.15. The number of piperidine rings is 1. The molecule has 1 amide bonds. The minimum Gasteiger partial charge on any atom is -0.352 e. The van der Waals surface area contributed by atoms with Crippen molar-refractivity contribution < 1.29 is 4.79 Å². The van der Waals surface area contributed by atoms with Crippen LogP contribution in [0.1, 0.15) is 24.8 Å². The number of carbonyl (C=O) groups is 1. The van der Waals surface area contributed by atoms with Gasteiger partial charge in [0.1, 0.15) is 0 Å². The SMILES string of the molecule is O=C(CCc1cccnc1)N[C@@H]1CCCNC1. The Morgan fingerprint density at radius 2 is 2.53 bits per heavy atom. The van der Waals surface area contributed by atoms with Gasteiger partial charge >= 0.3 is 0 Å². The molecule has 1 saturated heterocycles. The molecular weight excluding hydrogens is 214 g/mol. The van der Waals surface area contributed by atoms with Crippen LogP contribution in [0.3, 0.4) is 0 Å². The summed E-state index contributed by atoms with van der Waals surface area (Å²) in [6.07, 6.45) is 7.11. The first-order valence-electron chi connectivity index (χ1n) is 6.23. The van der Waals surface area contributed by atoms with Crippen molar-refractivity contribution in [3.8, 4) is 0 Å². The summed E-state index contributed by atoms with van der Waals surface area (Å²) in [6, 6.07) is 4.21. The molecule has 0 spiro atoms. The summed E-state index contributed by atoms with van der Waals surface area (Å²) in [5, 5.41) is 6.36. The minimum absolute atomic E-state index is 0.141. The number of carbonyl (C=O) groups excluding carboxylic acids is 1. The fourth-order valence-corrected chi connectivity index (χ4v) is 2.08. The molecule has 17 heavy (non-hydrogen) atoms. The topological polar surface area (TPSA) is 54.0 Å². The Morgan fingerprint density at radius 1 is 1.59 bits per heavy atom. The van der Waals surface area contributed by atoms with Gasteiger partial charge in [-0.2, -0.15) is 0 Å². The maximum atomic E-state index is 11.7. The quantitative estimate of drug-likeness (QED) is 0.812. The van der Waals surface area contributed by atoms with E-state index in [1.54, 1.807) is 6.20 Å². The molecule has 92 valence electrons. The second-order valence-electron chi connectivity index (χ2n) is 4.47. The number of nitrogens with one attached hydrogen (secondary N) is 2. The lowest BCUT2D eigenvalue weighted by Crippen LogP contribution is -2.45. The predicted octanol–water partition coefficient (Wildman–Crippen LogP) is 0.882. The van der Waals surface area contributed by atoms with Gasteiger partial charge in [-0.1, -0.05) is 6.07 Å². The number of hydrogen-bond donors (Lipinski definition) is 2. The zero-order chi connectivity index (χ0) is 11.9. The first kappa shape index (κ1) is 12.0. The van der Waals surface area contributed by atoms with Gasteiger partial charge in [0.25, 0.3) is 0 Å². The summed E-state index contributed by atoms with van der Waals surface area (Å²) in [5.74, 6) is 0.141. The summed E-state index contributed by atoms with van der Waals surface area (Å²) in [6.45, 7) is 1.97. The van der Waals surface area contributed by atoms with Gasteiger partial charge < -0.3 is 10.6 Å². The average Bonchev–Trinajstić information content (AvgIpc) is 2.39. The highest BCUT2D eigenvalue weighted by atomic mass is 16.1. The Balaban J connectivity index is 1.70. The van der Waals surface area contributed by atoms with Gasteiger partial charge in [-0.15, -0.1) is 0 Å². The fourth-order valence-electron chi connectivity index (χ4n) is 2.08. The van der Waals surface area contributed by atoms with Crippen molar-refractivity contribution in [2.24, 2.45) is 0 Å². The van der Waals surface area contributed by atoms with E-state index in [0.29, 0.717) is 12.5 Å². The zero-order valence-corrected chi connectivity index (χ0v) is 9.98. The molecule has 1 aromatic heterocycles. The summed E-state index contributed by atoms with van der Waals surface area (Å²) in [4.78, 5) is 15.8. The third-order valence-electron chi connectivity index (χ3n) is 3.03. The molecule has 0 aliphatic carbocycles. The van der Waals surface area contributed by atoms with Crippen LogP contribution >= 0.6 is 0 Å². The molecule has 1 aliphatic heterocycles. The van der Waals surface area contributed by atoms with Crippen LogP contribution in [0.2, 0.25) is 0 Å². The molecule has 0 unspecified atom stereocenters. The molecule has 1 aliphatic rings. The molecule has 0 bridgehead atoms. The second kappa shape index (κ2) is 6.35. The Labute approximate surface area is 102 Å². The molecule has 1 fully saturated rings. The lowest BCUT2D eigenvalue weighted by molar-refractivity contribution is -0.121. The minimum atomic E-state index is 0.141. The van der Waals surface area contributed by atoms with Gasteiger partial charge in [-0.05, 0) is 37.4 Å². The van der Waals surface area contributed by atoms with Gasteiger partial charge in [0.15, 0.2) is 0 Å². The second-order valence-corrected chi connectivity index (χ2v) is 4.47. The van der Waals surface area contributed by atoms with E-state index in [-0.39, 0.29) is 5.91 Å². The van der Waals surface area contributed by atoms with Crippen molar-refractivity contribution in [3.05, 3.63) is 30.1 Å². The summed E-state index contributed by atoms with van der Waals surface area (Å²) in [5.41, 5.74) is 1.12. The van der Waals surface area contributed by atoms with Crippen molar-refractivity contribution in [2.75, 3.05) is 13.1 Å². The molecule has 0 aromatic carbocycles. The Morgan fingerprint density at radius 3 is 3.24 bits per heavy atom. The smallest absolute Gasteiger partial charge is 0.220 e. The van der Waals surface area contributed by atoms with Gasteiger partial charge in [-0.25, -0.2) is 0 Å². The lowest BCUT2D eigenvalue weighted by Gasteiger charge is -2.23. The van der Waals surface area contributed by atoms with Crippen molar-refractivity contribution in [2.45, 2.75) is 31.7 Å². The molecule has 4 heteroatoms. The summed E-state index contributed by atoms with van der Waals surface area (Å²) >= 11 is 0. The molecule has 0 saturated carbocycles. The van der Waals surface area contributed by atoms with Crippen LogP contribution in [0.5, 0.6) is 0 Å². The number of amides is 1. The molecule has 1 aromatic rings. The van der Waals surface area contributed by atoms with E-state index in [1.165, 1.54) is 0 Å². The van der Waals surface area contributed by atoms with Crippen LogP contribution in [-0.4, -0.2) is 30.0 Å². The zero-order valence-electron chi connectivity index (χ0n) is 9.98.